The maximum Gasteiger partial charge on any atom is 0.242 e. The fourth-order valence-electron chi connectivity index (χ4n) is 2.92. The van der Waals surface area contributed by atoms with Gasteiger partial charge in [-0.3, -0.25) is 21.2 Å². The molecule has 0 aliphatic carbocycles. The Balaban J connectivity index is 1.71. The Labute approximate surface area is 110 Å². The van der Waals surface area contributed by atoms with E-state index in [1.54, 1.807) is 0 Å². The minimum absolute atomic E-state index is 0.0968. The highest BCUT2D eigenvalue weighted by Gasteiger charge is 2.48. The average molecular weight is 272 g/mol. The summed E-state index contributed by atoms with van der Waals surface area (Å²) in [5.41, 5.74) is 11.6. The van der Waals surface area contributed by atoms with Crippen LogP contribution < -0.4 is 27.4 Å². The summed E-state index contributed by atoms with van der Waals surface area (Å²) in [7, 11) is 0. The summed E-state index contributed by atoms with van der Waals surface area (Å²) in [6.07, 6.45) is -0.747. The number of nitrogens with one attached hydrogen (secondary N) is 3. The van der Waals surface area contributed by atoms with Gasteiger partial charge in [-0.1, -0.05) is 0 Å². The Hall–Kier alpha value is -0.810. The van der Waals surface area contributed by atoms with Gasteiger partial charge < -0.3 is 20.9 Å². The number of carbonyl (C=O) groups excluding carboxylic acids is 1. The van der Waals surface area contributed by atoms with Gasteiger partial charge in [0.1, 0.15) is 18.6 Å². The lowest BCUT2D eigenvalue weighted by Crippen LogP contribution is -2.70. The topological polar surface area (TPSA) is 138 Å². The van der Waals surface area contributed by atoms with E-state index >= 15 is 0 Å². The first-order valence-electron chi connectivity index (χ1n) is 6.43. The molecule has 3 heterocycles. The number of hydrogen-bond donors (Lipinski definition) is 6. The normalized spacial score (nSPS) is 47.2. The zero-order chi connectivity index (χ0) is 13.6. The Kier molecular flexibility index (Phi) is 3.43. The molecule has 0 bridgehead atoms. The van der Waals surface area contributed by atoms with Crippen molar-refractivity contribution in [2.45, 2.75) is 43.3 Å². The molecular formula is C10H20N6O3. The van der Waals surface area contributed by atoms with Gasteiger partial charge in [0.2, 0.25) is 5.91 Å². The summed E-state index contributed by atoms with van der Waals surface area (Å²) in [5, 5.41) is 18.0. The molecule has 8 N–H and O–H groups in total. The van der Waals surface area contributed by atoms with Crippen molar-refractivity contribution in [3.8, 4) is 0 Å². The minimum atomic E-state index is -0.570. The zero-order valence-electron chi connectivity index (χ0n) is 10.5. The summed E-state index contributed by atoms with van der Waals surface area (Å²) in [6, 6.07) is -0.548. The third-order valence-electron chi connectivity index (χ3n) is 3.93. The molecule has 19 heavy (non-hydrogen) atoms. The van der Waals surface area contributed by atoms with Crippen LogP contribution in [0.1, 0.15) is 6.42 Å². The van der Waals surface area contributed by atoms with Crippen molar-refractivity contribution in [2.24, 2.45) is 11.5 Å². The summed E-state index contributed by atoms with van der Waals surface area (Å²) in [4.78, 5) is 13.8. The molecule has 1 amide bonds. The average Bonchev–Trinajstić information content (AvgIpc) is 2.92. The fraction of sp³-hybridized carbons (Fsp3) is 0.900. The summed E-state index contributed by atoms with van der Waals surface area (Å²) >= 11 is 0. The van der Waals surface area contributed by atoms with Crippen LogP contribution in [0.3, 0.4) is 0 Å². The Morgan fingerprint density at radius 1 is 1.47 bits per heavy atom. The van der Waals surface area contributed by atoms with Gasteiger partial charge in [0.05, 0.1) is 25.5 Å². The van der Waals surface area contributed by atoms with Gasteiger partial charge in [-0.05, 0) is 0 Å². The molecule has 3 aliphatic heterocycles. The predicted molar refractivity (Wildman–Crippen MR) is 65.0 cm³/mol. The Morgan fingerprint density at radius 2 is 2.26 bits per heavy atom. The number of hydrogen-bond acceptors (Lipinski definition) is 8. The number of rotatable bonds is 2. The predicted octanol–water partition coefficient (Wildman–Crippen LogP) is -4.06. The van der Waals surface area contributed by atoms with E-state index in [1.807, 2.05) is 4.90 Å². The van der Waals surface area contributed by atoms with Crippen molar-refractivity contribution >= 4 is 5.91 Å². The first kappa shape index (κ1) is 13.2. The molecule has 6 atom stereocenters. The summed E-state index contributed by atoms with van der Waals surface area (Å²) in [5.74, 6) is -0.125. The minimum Gasteiger partial charge on any atom is -0.394 e. The van der Waals surface area contributed by atoms with E-state index in [4.69, 9.17) is 16.2 Å². The molecule has 9 nitrogen and oxygen atoms in total. The van der Waals surface area contributed by atoms with Crippen molar-refractivity contribution in [3.05, 3.63) is 0 Å². The van der Waals surface area contributed by atoms with Crippen LogP contribution in [0.4, 0.5) is 0 Å². The number of aliphatic hydroxyl groups excluding tert-OH is 1. The third-order valence-corrected chi connectivity index (χ3v) is 3.93. The molecule has 0 aromatic rings. The van der Waals surface area contributed by atoms with E-state index in [0.29, 0.717) is 13.1 Å². The van der Waals surface area contributed by atoms with Gasteiger partial charge in [-0.15, -0.1) is 0 Å². The Bertz CT molecular complexity index is 369. The molecule has 3 aliphatic rings. The third kappa shape index (κ3) is 2.23. The van der Waals surface area contributed by atoms with Gasteiger partial charge in [-0.2, -0.15) is 0 Å². The van der Waals surface area contributed by atoms with Crippen LogP contribution in [0.25, 0.3) is 0 Å². The van der Waals surface area contributed by atoms with Gasteiger partial charge in [0, 0.05) is 12.5 Å². The quantitative estimate of drug-likeness (QED) is 0.299. The SMILES string of the molecule is NC1NC(=O)C2NCN([C@H]3C[C@H](N)[C@@H](CO)O3)C2N1. The first-order chi connectivity index (χ1) is 9.10. The molecule has 9 heteroatoms. The first-order valence-corrected chi connectivity index (χ1v) is 6.43. The number of amides is 1. The maximum absolute atomic E-state index is 11.8. The lowest BCUT2D eigenvalue weighted by Gasteiger charge is -2.37. The Morgan fingerprint density at radius 3 is 2.95 bits per heavy atom. The van der Waals surface area contributed by atoms with Crippen LogP contribution in [-0.2, 0) is 9.53 Å². The zero-order valence-corrected chi connectivity index (χ0v) is 10.5. The molecule has 0 saturated carbocycles. The largest absolute Gasteiger partial charge is 0.394 e. The highest BCUT2D eigenvalue weighted by Crippen LogP contribution is 2.26. The van der Waals surface area contributed by atoms with Crippen molar-refractivity contribution in [1.82, 2.24) is 20.9 Å². The molecule has 0 aromatic carbocycles. The molecule has 0 radical (unpaired) electrons. The summed E-state index contributed by atoms with van der Waals surface area (Å²) in [6.45, 7) is 0.415. The highest BCUT2D eigenvalue weighted by molar-refractivity contribution is 5.83. The molecule has 0 aromatic heterocycles. The van der Waals surface area contributed by atoms with Crippen molar-refractivity contribution in [2.75, 3.05) is 13.3 Å². The van der Waals surface area contributed by atoms with E-state index < -0.39 is 6.29 Å². The standard InChI is InChI=1S/C10H20N6O3/c11-4-1-6(19-5(4)2-17)16-3-13-7-8(16)14-10(12)15-9(7)18/h4-8,10,13-14,17H,1-3,11-12H2,(H,15,18)/t4-,5+,6+,7?,8?,10?/m0/s1. The molecule has 3 unspecified atom stereocenters. The van der Waals surface area contributed by atoms with Crippen molar-refractivity contribution in [1.29, 1.82) is 0 Å². The van der Waals surface area contributed by atoms with Crippen LogP contribution >= 0.6 is 0 Å². The number of carbonyl (C=O) groups is 1. The second-order valence-electron chi connectivity index (χ2n) is 5.16. The van der Waals surface area contributed by atoms with Crippen LogP contribution in [0.15, 0.2) is 0 Å². The highest BCUT2D eigenvalue weighted by atomic mass is 16.5. The van der Waals surface area contributed by atoms with Gasteiger partial charge >= 0.3 is 0 Å². The van der Waals surface area contributed by atoms with Gasteiger partial charge in [-0.25, -0.2) is 4.90 Å². The molecule has 3 fully saturated rings. The number of fused-ring (bicyclic) bond motifs is 1. The number of nitrogens with two attached hydrogens (primary N) is 2. The van der Waals surface area contributed by atoms with Crippen molar-refractivity contribution in [3.63, 3.8) is 0 Å². The van der Waals surface area contributed by atoms with E-state index in [1.165, 1.54) is 0 Å². The molecular weight excluding hydrogens is 252 g/mol. The lowest BCUT2D eigenvalue weighted by atomic mass is 10.1. The second kappa shape index (κ2) is 4.94. The summed E-state index contributed by atoms with van der Waals surface area (Å²) < 4.78 is 5.72. The fourth-order valence-corrected chi connectivity index (χ4v) is 2.92. The maximum atomic E-state index is 11.8. The van der Waals surface area contributed by atoms with E-state index in [-0.39, 0.29) is 43.1 Å². The molecule has 3 saturated heterocycles. The van der Waals surface area contributed by atoms with Gasteiger partial charge in [0.25, 0.3) is 0 Å². The lowest BCUT2D eigenvalue weighted by molar-refractivity contribution is -0.129. The number of nitrogens with zero attached hydrogens (tertiary/aromatic N) is 1. The van der Waals surface area contributed by atoms with E-state index in [2.05, 4.69) is 16.0 Å². The van der Waals surface area contributed by atoms with Crippen LogP contribution in [0, 0.1) is 0 Å². The van der Waals surface area contributed by atoms with Crippen LogP contribution in [0.5, 0.6) is 0 Å². The second-order valence-corrected chi connectivity index (χ2v) is 5.16. The van der Waals surface area contributed by atoms with Gasteiger partial charge in [0.15, 0.2) is 0 Å². The van der Waals surface area contributed by atoms with Crippen LogP contribution in [-0.4, -0.2) is 66.1 Å². The molecule has 3 rings (SSSR count). The number of aliphatic hydroxyl groups is 1. The molecule has 0 spiro atoms. The van der Waals surface area contributed by atoms with E-state index in [0.717, 1.165) is 0 Å². The number of ether oxygens (including phenoxy) is 1. The van der Waals surface area contributed by atoms with Crippen molar-refractivity contribution < 1.29 is 14.6 Å². The molecule has 108 valence electrons. The van der Waals surface area contributed by atoms with E-state index in [9.17, 15) is 9.90 Å². The van der Waals surface area contributed by atoms with Crippen LogP contribution in [0.2, 0.25) is 0 Å². The monoisotopic (exact) mass is 272 g/mol. The smallest absolute Gasteiger partial charge is 0.242 e.